The Bertz CT molecular complexity index is 328. The minimum absolute atomic E-state index is 0.229. The van der Waals surface area contributed by atoms with E-state index in [9.17, 15) is 0 Å². The van der Waals surface area contributed by atoms with Crippen molar-refractivity contribution in [1.29, 1.82) is 0 Å². The third-order valence-electron chi connectivity index (χ3n) is 2.22. The van der Waals surface area contributed by atoms with Crippen molar-refractivity contribution in [2.75, 3.05) is 27.1 Å². The molecule has 0 amide bonds. The molecule has 17 heavy (non-hydrogen) atoms. The van der Waals surface area contributed by atoms with Gasteiger partial charge in [0.2, 0.25) is 0 Å². The van der Waals surface area contributed by atoms with Crippen LogP contribution in [-0.4, -0.2) is 27.1 Å². The quantitative estimate of drug-likeness (QED) is 0.706. The Kier molecular flexibility index (Phi) is 6.43. The number of nitrogens with one attached hydrogen (secondary N) is 1. The minimum Gasteiger partial charge on any atom is -0.490 e. The average Bonchev–Trinajstić information content (AvgIpc) is 2.35. The summed E-state index contributed by atoms with van der Waals surface area (Å²) < 4.78 is 15.9. The number of ether oxygens (including phenoxy) is 3. The highest BCUT2D eigenvalue weighted by Gasteiger charge is 2.06. The molecule has 0 bridgehead atoms. The maximum atomic E-state index is 5.55. The van der Waals surface area contributed by atoms with Gasteiger partial charge in [0.25, 0.3) is 0 Å². The molecule has 0 aliphatic heterocycles. The molecule has 0 saturated heterocycles. The second-order valence-corrected chi connectivity index (χ2v) is 3.55. The predicted octanol–water partition coefficient (Wildman–Crippen LogP) is 2.18. The SMILES string of the molecule is CCNCc1ccc(OCOC)c(OCC)c1. The van der Waals surface area contributed by atoms with E-state index >= 15 is 0 Å². The Balaban J connectivity index is 2.75. The number of benzene rings is 1. The highest BCUT2D eigenvalue weighted by molar-refractivity contribution is 5.43. The fraction of sp³-hybridized carbons (Fsp3) is 0.538. The van der Waals surface area contributed by atoms with Crippen LogP contribution in [0.15, 0.2) is 18.2 Å². The molecule has 0 atom stereocenters. The highest BCUT2D eigenvalue weighted by atomic mass is 16.7. The molecule has 1 N–H and O–H groups in total. The van der Waals surface area contributed by atoms with Crippen LogP contribution in [0.2, 0.25) is 0 Å². The smallest absolute Gasteiger partial charge is 0.188 e. The van der Waals surface area contributed by atoms with Crippen molar-refractivity contribution in [3.05, 3.63) is 23.8 Å². The van der Waals surface area contributed by atoms with Crippen LogP contribution in [0.1, 0.15) is 19.4 Å². The zero-order valence-electron chi connectivity index (χ0n) is 10.8. The van der Waals surface area contributed by atoms with Gasteiger partial charge in [-0.05, 0) is 31.2 Å². The molecule has 4 nitrogen and oxygen atoms in total. The third kappa shape index (κ3) is 4.63. The molecule has 1 rings (SSSR count). The monoisotopic (exact) mass is 239 g/mol. The predicted molar refractivity (Wildman–Crippen MR) is 67.5 cm³/mol. The largest absolute Gasteiger partial charge is 0.490 e. The highest BCUT2D eigenvalue weighted by Crippen LogP contribution is 2.28. The van der Waals surface area contributed by atoms with Crippen LogP contribution in [-0.2, 0) is 11.3 Å². The fourth-order valence-electron chi connectivity index (χ4n) is 1.44. The van der Waals surface area contributed by atoms with Crippen molar-refractivity contribution in [2.24, 2.45) is 0 Å². The van der Waals surface area contributed by atoms with Crippen LogP contribution >= 0.6 is 0 Å². The normalized spacial score (nSPS) is 10.3. The van der Waals surface area contributed by atoms with Crippen LogP contribution < -0.4 is 14.8 Å². The molecule has 0 fully saturated rings. The maximum Gasteiger partial charge on any atom is 0.188 e. The Morgan fingerprint density at radius 2 is 1.94 bits per heavy atom. The van der Waals surface area contributed by atoms with E-state index in [2.05, 4.69) is 12.2 Å². The zero-order chi connectivity index (χ0) is 12.5. The van der Waals surface area contributed by atoms with Crippen molar-refractivity contribution in [3.8, 4) is 11.5 Å². The van der Waals surface area contributed by atoms with Gasteiger partial charge in [-0.25, -0.2) is 0 Å². The summed E-state index contributed by atoms with van der Waals surface area (Å²) in [5.74, 6) is 1.48. The van der Waals surface area contributed by atoms with E-state index in [1.165, 1.54) is 5.56 Å². The maximum absolute atomic E-state index is 5.55. The van der Waals surface area contributed by atoms with Crippen molar-refractivity contribution < 1.29 is 14.2 Å². The number of hydrogen-bond donors (Lipinski definition) is 1. The standard InChI is InChI=1S/C13H21NO3/c1-4-14-9-11-6-7-12(17-10-15-3)13(8-11)16-5-2/h6-8,14H,4-5,9-10H2,1-3H3. The van der Waals surface area contributed by atoms with Crippen molar-refractivity contribution in [2.45, 2.75) is 20.4 Å². The van der Waals surface area contributed by atoms with Gasteiger partial charge >= 0.3 is 0 Å². The van der Waals surface area contributed by atoms with Crippen LogP contribution in [0, 0.1) is 0 Å². The summed E-state index contributed by atoms with van der Waals surface area (Å²) in [7, 11) is 1.60. The van der Waals surface area contributed by atoms with Gasteiger partial charge in [0.05, 0.1) is 6.61 Å². The summed E-state index contributed by atoms with van der Waals surface area (Å²) in [5, 5.41) is 3.28. The molecular formula is C13H21NO3. The van der Waals surface area contributed by atoms with E-state index in [1.807, 2.05) is 25.1 Å². The van der Waals surface area contributed by atoms with Crippen molar-refractivity contribution in [3.63, 3.8) is 0 Å². The second-order valence-electron chi connectivity index (χ2n) is 3.55. The Morgan fingerprint density at radius 3 is 2.59 bits per heavy atom. The lowest BCUT2D eigenvalue weighted by atomic mass is 10.2. The molecule has 0 heterocycles. The summed E-state index contributed by atoms with van der Waals surface area (Å²) in [6.07, 6.45) is 0. The fourth-order valence-corrected chi connectivity index (χ4v) is 1.44. The number of rotatable bonds is 8. The van der Waals surface area contributed by atoms with Gasteiger partial charge in [-0.15, -0.1) is 0 Å². The van der Waals surface area contributed by atoms with E-state index in [4.69, 9.17) is 14.2 Å². The first-order chi connectivity index (χ1) is 8.31. The molecule has 0 aliphatic carbocycles. The third-order valence-corrected chi connectivity index (χ3v) is 2.22. The molecule has 1 aromatic carbocycles. The lowest BCUT2D eigenvalue weighted by Gasteiger charge is -2.13. The van der Waals surface area contributed by atoms with Gasteiger partial charge in [-0.3, -0.25) is 0 Å². The first-order valence-corrected chi connectivity index (χ1v) is 5.90. The van der Waals surface area contributed by atoms with Crippen molar-refractivity contribution in [1.82, 2.24) is 5.32 Å². The first kappa shape index (κ1) is 13.8. The first-order valence-electron chi connectivity index (χ1n) is 5.90. The molecule has 0 spiro atoms. The van der Waals surface area contributed by atoms with Gasteiger partial charge < -0.3 is 19.5 Å². The lowest BCUT2D eigenvalue weighted by molar-refractivity contribution is 0.0487. The topological polar surface area (TPSA) is 39.7 Å². The van der Waals surface area contributed by atoms with Gasteiger partial charge in [0.1, 0.15) is 0 Å². The van der Waals surface area contributed by atoms with E-state index < -0.39 is 0 Å². The molecular weight excluding hydrogens is 218 g/mol. The minimum atomic E-state index is 0.229. The van der Waals surface area contributed by atoms with Crippen LogP contribution in [0.25, 0.3) is 0 Å². The molecule has 96 valence electrons. The van der Waals surface area contributed by atoms with Crippen LogP contribution in [0.4, 0.5) is 0 Å². The number of methoxy groups -OCH3 is 1. The summed E-state index contributed by atoms with van der Waals surface area (Å²) in [6, 6.07) is 5.93. The molecule has 0 radical (unpaired) electrons. The summed E-state index contributed by atoms with van der Waals surface area (Å²) in [5.41, 5.74) is 1.18. The van der Waals surface area contributed by atoms with Crippen LogP contribution in [0.3, 0.4) is 0 Å². The summed E-state index contributed by atoms with van der Waals surface area (Å²) >= 11 is 0. The molecule has 1 aromatic rings. The molecule has 0 unspecified atom stereocenters. The summed E-state index contributed by atoms with van der Waals surface area (Å²) in [4.78, 5) is 0. The van der Waals surface area contributed by atoms with Crippen LogP contribution in [0.5, 0.6) is 11.5 Å². The van der Waals surface area contributed by atoms with Gasteiger partial charge in [-0.2, -0.15) is 0 Å². The Hall–Kier alpha value is -1.26. The van der Waals surface area contributed by atoms with E-state index in [1.54, 1.807) is 7.11 Å². The Morgan fingerprint density at radius 1 is 1.12 bits per heavy atom. The van der Waals surface area contributed by atoms with E-state index in [-0.39, 0.29) is 6.79 Å². The second kappa shape index (κ2) is 7.92. The van der Waals surface area contributed by atoms with Gasteiger partial charge in [0.15, 0.2) is 18.3 Å². The van der Waals surface area contributed by atoms with E-state index in [0.29, 0.717) is 12.4 Å². The summed E-state index contributed by atoms with van der Waals surface area (Å²) in [6.45, 7) is 6.67. The van der Waals surface area contributed by atoms with E-state index in [0.717, 1.165) is 18.8 Å². The molecule has 4 heteroatoms. The van der Waals surface area contributed by atoms with Gasteiger partial charge in [-0.1, -0.05) is 13.0 Å². The number of hydrogen-bond acceptors (Lipinski definition) is 4. The van der Waals surface area contributed by atoms with Gasteiger partial charge in [0, 0.05) is 13.7 Å². The average molecular weight is 239 g/mol. The lowest BCUT2D eigenvalue weighted by Crippen LogP contribution is -2.12. The molecule has 0 saturated carbocycles. The zero-order valence-corrected chi connectivity index (χ0v) is 10.8. The molecule has 0 aromatic heterocycles. The molecule has 0 aliphatic rings. The Labute approximate surface area is 103 Å². The van der Waals surface area contributed by atoms with Crippen molar-refractivity contribution >= 4 is 0 Å².